The average Bonchev–Trinajstić information content (AvgIpc) is 3.54. The molecule has 4 aromatic carbocycles. The highest BCUT2D eigenvalue weighted by molar-refractivity contribution is 6.03. The number of aromatic amines is 1. The SMILES string of the molecule is CC(C)CNc1c(NC(=O)Nc2ccccc2F)cc(-c2ccccc2-c2nn[nH]n2)cc1C(C=N)c1ccccc1. The number of nitrogens with one attached hydrogen (secondary N) is 5. The van der Waals surface area contributed by atoms with Gasteiger partial charge < -0.3 is 21.4 Å². The first-order valence-electron chi connectivity index (χ1n) is 13.6. The van der Waals surface area contributed by atoms with Crippen LogP contribution < -0.4 is 16.0 Å². The van der Waals surface area contributed by atoms with Crippen molar-refractivity contribution in [3.05, 3.63) is 108 Å². The molecule has 1 unspecified atom stereocenters. The molecule has 0 aliphatic rings. The molecule has 5 aromatic rings. The van der Waals surface area contributed by atoms with Crippen LogP contribution in [0.3, 0.4) is 0 Å². The number of hydrogen-bond donors (Lipinski definition) is 5. The van der Waals surface area contributed by atoms with E-state index in [2.05, 4.69) is 50.4 Å². The van der Waals surface area contributed by atoms with Gasteiger partial charge in [0.25, 0.3) is 0 Å². The summed E-state index contributed by atoms with van der Waals surface area (Å²) in [4.78, 5) is 13.3. The van der Waals surface area contributed by atoms with Gasteiger partial charge in [-0.15, -0.1) is 10.2 Å². The largest absolute Gasteiger partial charge is 0.383 e. The van der Waals surface area contributed by atoms with Crippen molar-refractivity contribution in [2.75, 3.05) is 22.5 Å². The van der Waals surface area contributed by atoms with E-state index in [0.29, 0.717) is 29.7 Å². The predicted molar refractivity (Wildman–Crippen MR) is 164 cm³/mol. The highest BCUT2D eigenvalue weighted by Crippen LogP contribution is 2.41. The lowest BCUT2D eigenvalue weighted by Gasteiger charge is -2.24. The van der Waals surface area contributed by atoms with Crippen LogP contribution in [0.2, 0.25) is 0 Å². The first kappa shape index (κ1) is 28.2. The van der Waals surface area contributed by atoms with Crippen molar-refractivity contribution in [2.45, 2.75) is 19.8 Å². The molecule has 9 nitrogen and oxygen atoms in total. The van der Waals surface area contributed by atoms with Gasteiger partial charge >= 0.3 is 6.03 Å². The molecule has 0 radical (unpaired) electrons. The fourth-order valence-corrected chi connectivity index (χ4v) is 4.74. The Labute approximate surface area is 243 Å². The van der Waals surface area contributed by atoms with E-state index < -0.39 is 17.8 Å². The molecule has 5 N–H and O–H groups in total. The van der Waals surface area contributed by atoms with Crippen LogP contribution in [0, 0.1) is 17.1 Å². The summed E-state index contributed by atoms with van der Waals surface area (Å²) >= 11 is 0. The van der Waals surface area contributed by atoms with Crippen LogP contribution in [-0.4, -0.2) is 39.4 Å². The zero-order valence-electron chi connectivity index (χ0n) is 23.2. The van der Waals surface area contributed by atoms with Gasteiger partial charge in [-0.2, -0.15) is 5.21 Å². The molecule has 0 fully saturated rings. The van der Waals surface area contributed by atoms with Gasteiger partial charge in [-0.3, -0.25) is 0 Å². The molecule has 0 bridgehead atoms. The second-order valence-electron chi connectivity index (χ2n) is 10.2. The van der Waals surface area contributed by atoms with Gasteiger partial charge in [0.2, 0.25) is 5.82 Å². The van der Waals surface area contributed by atoms with Crippen molar-refractivity contribution in [1.29, 1.82) is 5.41 Å². The Hall–Kier alpha value is -5.38. The number of rotatable bonds is 10. The number of amides is 2. The summed E-state index contributed by atoms with van der Waals surface area (Å²) in [6.45, 7) is 4.80. The molecule has 1 aromatic heterocycles. The van der Waals surface area contributed by atoms with Gasteiger partial charge in [0.15, 0.2) is 0 Å². The number of H-pyrrole nitrogens is 1. The first-order chi connectivity index (χ1) is 20.4. The monoisotopic (exact) mass is 562 g/mol. The third-order valence-electron chi connectivity index (χ3n) is 6.71. The molecular formula is C32H31FN8O. The molecular weight excluding hydrogens is 531 g/mol. The summed E-state index contributed by atoms with van der Waals surface area (Å²) in [6, 6.07) is 26.6. The third kappa shape index (κ3) is 6.33. The van der Waals surface area contributed by atoms with Crippen LogP contribution in [-0.2, 0) is 0 Å². The number of benzene rings is 4. The topological polar surface area (TPSA) is 131 Å². The van der Waals surface area contributed by atoms with Crippen LogP contribution in [0.25, 0.3) is 22.5 Å². The lowest BCUT2D eigenvalue weighted by atomic mass is 9.87. The van der Waals surface area contributed by atoms with Crippen molar-refractivity contribution < 1.29 is 9.18 Å². The Morgan fingerprint density at radius 3 is 2.31 bits per heavy atom. The van der Waals surface area contributed by atoms with Crippen molar-refractivity contribution in [1.82, 2.24) is 20.6 Å². The molecule has 2 amide bonds. The lowest BCUT2D eigenvalue weighted by molar-refractivity contribution is 0.262. The highest BCUT2D eigenvalue weighted by atomic mass is 19.1. The van der Waals surface area contributed by atoms with Crippen molar-refractivity contribution >= 4 is 29.3 Å². The Kier molecular flexibility index (Phi) is 8.62. The van der Waals surface area contributed by atoms with E-state index in [1.54, 1.807) is 12.1 Å². The molecule has 1 heterocycles. The second kappa shape index (κ2) is 12.9. The van der Waals surface area contributed by atoms with E-state index in [1.807, 2.05) is 66.7 Å². The maximum absolute atomic E-state index is 14.3. The minimum Gasteiger partial charge on any atom is -0.383 e. The minimum absolute atomic E-state index is 0.0622. The summed E-state index contributed by atoms with van der Waals surface area (Å²) in [5.74, 6) is -0.241. The van der Waals surface area contributed by atoms with Crippen LogP contribution in [0.1, 0.15) is 30.9 Å². The summed E-state index contributed by atoms with van der Waals surface area (Å²) in [5.41, 5.74) is 5.24. The van der Waals surface area contributed by atoms with Crippen molar-refractivity contribution in [3.63, 3.8) is 0 Å². The third-order valence-corrected chi connectivity index (χ3v) is 6.71. The molecule has 0 saturated carbocycles. The number of nitrogens with zero attached hydrogens (tertiary/aromatic N) is 3. The van der Waals surface area contributed by atoms with Gasteiger partial charge in [-0.1, -0.05) is 80.6 Å². The maximum atomic E-state index is 14.3. The Morgan fingerprint density at radius 1 is 0.929 bits per heavy atom. The quantitative estimate of drug-likeness (QED) is 0.115. The normalized spacial score (nSPS) is 11.6. The molecule has 212 valence electrons. The van der Waals surface area contributed by atoms with Gasteiger partial charge in [0.1, 0.15) is 5.82 Å². The van der Waals surface area contributed by atoms with Crippen LogP contribution in [0.5, 0.6) is 0 Å². The Balaban J connectivity index is 1.69. The van der Waals surface area contributed by atoms with E-state index in [-0.39, 0.29) is 5.69 Å². The number of tetrazole rings is 1. The molecule has 0 aliphatic heterocycles. The summed E-state index contributed by atoms with van der Waals surface area (Å²) < 4.78 is 14.3. The molecule has 0 spiro atoms. The minimum atomic E-state index is -0.603. The number of hydrogen-bond acceptors (Lipinski definition) is 6. The van der Waals surface area contributed by atoms with E-state index >= 15 is 0 Å². The number of carbonyl (C=O) groups excluding carboxylic acids is 1. The summed E-state index contributed by atoms with van der Waals surface area (Å²) in [6.07, 6.45) is 1.39. The summed E-state index contributed by atoms with van der Waals surface area (Å²) in [7, 11) is 0. The predicted octanol–water partition coefficient (Wildman–Crippen LogP) is 7.17. The number of anilines is 3. The molecule has 0 aliphatic carbocycles. The summed E-state index contributed by atoms with van der Waals surface area (Å²) in [5, 5.41) is 32.1. The smallest absolute Gasteiger partial charge is 0.323 e. The van der Waals surface area contributed by atoms with E-state index in [0.717, 1.165) is 27.8 Å². The lowest BCUT2D eigenvalue weighted by Crippen LogP contribution is -2.22. The van der Waals surface area contributed by atoms with Crippen molar-refractivity contribution in [3.8, 4) is 22.5 Å². The van der Waals surface area contributed by atoms with Crippen molar-refractivity contribution in [2.24, 2.45) is 5.92 Å². The Bertz CT molecular complexity index is 1670. The van der Waals surface area contributed by atoms with Gasteiger partial charge in [0.05, 0.1) is 17.1 Å². The zero-order chi connectivity index (χ0) is 29.5. The second-order valence-corrected chi connectivity index (χ2v) is 10.2. The number of aromatic nitrogens is 4. The van der Waals surface area contributed by atoms with Crippen LogP contribution >= 0.6 is 0 Å². The highest BCUT2D eigenvalue weighted by Gasteiger charge is 2.23. The van der Waals surface area contributed by atoms with Gasteiger partial charge in [-0.25, -0.2) is 9.18 Å². The standard InChI is InChI=1S/C32H31FN8O/c1-20(2)19-35-30-25(26(18-34)21-10-4-3-5-11-21)16-22(23-12-6-7-13-24(23)31-38-40-41-39-31)17-29(30)37-32(42)36-28-15-9-8-14-27(28)33/h3-18,20,26,34-35H,19H2,1-2H3,(H2,36,37,42)(H,38,39,40,41). The molecule has 1 atom stereocenters. The van der Waals surface area contributed by atoms with E-state index in [9.17, 15) is 9.18 Å². The van der Waals surface area contributed by atoms with Gasteiger partial charge in [0, 0.05) is 24.2 Å². The number of halogens is 1. The molecule has 5 rings (SSSR count). The first-order valence-corrected chi connectivity index (χ1v) is 13.6. The van der Waals surface area contributed by atoms with E-state index in [1.165, 1.54) is 18.3 Å². The fourth-order valence-electron chi connectivity index (χ4n) is 4.74. The van der Waals surface area contributed by atoms with Crippen LogP contribution in [0.15, 0.2) is 91.0 Å². The molecule has 10 heteroatoms. The number of carbonyl (C=O) groups is 1. The molecule has 0 saturated heterocycles. The Morgan fingerprint density at radius 2 is 1.62 bits per heavy atom. The van der Waals surface area contributed by atoms with Gasteiger partial charge in [-0.05, 0) is 57.7 Å². The average molecular weight is 563 g/mol. The number of urea groups is 1. The zero-order valence-corrected chi connectivity index (χ0v) is 23.2. The van der Waals surface area contributed by atoms with Crippen LogP contribution in [0.4, 0.5) is 26.2 Å². The van der Waals surface area contributed by atoms with E-state index in [4.69, 9.17) is 5.41 Å². The number of para-hydroxylation sites is 1. The maximum Gasteiger partial charge on any atom is 0.323 e. The molecule has 42 heavy (non-hydrogen) atoms. The fraction of sp³-hybridized carbons (Fsp3) is 0.156.